The van der Waals surface area contributed by atoms with Crippen LogP contribution in [0.5, 0.6) is 0 Å². The molecule has 1 aromatic carbocycles. The van der Waals surface area contributed by atoms with Crippen LogP contribution in [-0.4, -0.2) is 36.0 Å². The molecule has 1 spiro atoms. The van der Waals surface area contributed by atoms with Crippen LogP contribution in [0.3, 0.4) is 0 Å². The third-order valence-corrected chi connectivity index (χ3v) is 5.41. The molecule has 0 bridgehead atoms. The molecule has 0 radical (unpaired) electrons. The first-order valence-electron chi connectivity index (χ1n) is 8.13. The van der Waals surface area contributed by atoms with Crippen LogP contribution in [0, 0.1) is 11.7 Å². The largest absolute Gasteiger partial charge is 0.466 e. The van der Waals surface area contributed by atoms with Gasteiger partial charge in [-0.1, -0.05) is 0 Å². The summed E-state index contributed by atoms with van der Waals surface area (Å²) < 4.78 is 19.0. The predicted octanol–water partition coefficient (Wildman–Crippen LogP) is 2.02. The number of nitrogens with zero attached hydrogens (tertiary/aromatic N) is 1. The average molecular weight is 318 g/mol. The normalized spacial score (nSPS) is 32.0. The lowest BCUT2D eigenvalue weighted by atomic mass is 9.84. The first-order valence-corrected chi connectivity index (χ1v) is 8.13. The summed E-state index contributed by atoms with van der Waals surface area (Å²) in [6.07, 6.45) is 2.15. The third kappa shape index (κ3) is 1.87. The fraction of sp³-hybridized carbons (Fsp3) is 0.529. The van der Waals surface area contributed by atoms with Gasteiger partial charge in [0, 0.05) is 17.3 Å². The Morgan fingerprint density at radius 1 is 1.52 bits per heavy atom. The van der Waals surface area contributed by atoms with Crippen molar-refractivity contribution in [2.75, 3.05) is 18.5 Å². The summed E-state index contributed by atoms with van der Waals surface area (Å²) in [4.78, 5) is 27.3. The molecule has 5 nitrogen and oxygen atoms in total. The highest BCUT2D eigenvalue weighted by molar-refractivity contribution is 6.06. The van der Waals surface area contributed by atoms with Gasteiger partial charge in [0.2, 0.25) is 5.91 Å². The Balaban J connectivity index is 1.81. The van der Waals surface area contributed by atoms with E-state index in [1.165, 1.54) is 12.1 Å². The molecule has 3 aliphatic rings. The maximum Gasteiger partial charge on any atom is 0.310 e. The van der Waals surface area contributed by atoms with Crippen molar-refractivity contribution < 1.29 is 18.7 Å². The van der Waals surface area contributed by atoms with Crippen molar-refractivity contribution in [1.29, 1.82) is 0 Å². The van der Waals surface area contributed by atoms with Crippen molar-refractivity contribution in [3.05, 3.63) is 29.6 Å². The zero-order valence-electron chi connectivity index (χ0n) is 13.0. The van der Waals surface area contributed by atoms with E-state index in [-0.39, 0.29) is 29.7 Å². The molecule has 4 rings (SSSR count). The smallest absolute Gasteiger partial charge is 0.310 e. The summed E-state index contributed by atoms with van der Waals surface area (Å²) in [5.74, 6) is -1.11. The number of benzene rings is 1. The summed E-state index contributed by atoms with van der Waals surface area (Å²) in [7, 11) is 0. The molecule has 0 unspecified atom stereocenters. The maximum atomic E-state index is 13.8. The lowest BCUT2D eigenvalue weighted by Crippen LogP contribution is -2.47. The van der Waals surface area contributed by atoms with Gasteiger partial charge >= 0.3 is 5.97 Å². The summed E-state index contributed by atoms with van der Waals surface area (Å²) in [6.45, 7) is 2.85. The number of hydrogen-bond acceptors (Lipinski definition) is 4. The zero-order chi connectivity index (χ0) is 16.2. The molecule has 3 aliphatic heterocycles. The molecule has 122 valence electrons. The van der Waals surface area contributed by atoms with Crippen molar-refractivity contribution in [2.24, 2.45) is 5.92 Å². The zero-order valence-corrected chi connectivity index (χ0v) is 13.0. The number of nitrogens with one attached hydrogen (secondary N) is 1. The van der Waals surface area contributed by atoms with Gasteiger partial charge in [-0.05, 0) is 50.9 Å². The van der Waals surface area contributed by atoms with Gasteiger partial charge in [0.1, 0.15) is 11.4 Å². The summed E-state index contributed by atoms with van der Waals surface area (Å²) in [5, 5.41) is 2.86. The number of carbonyl (C=O) groups excluding carboxylic acids is 2. The van der Waals surface area contributed by atoms with E-state index in [4.69, 9.17) is 4.74 Å². The van der Waals surface area contributed by atoms with Crippen LogP contribution in [0.15, 0.2) is 18.2 Å². The third-order valence-electron chi connectivity index (χ3n) is 5.41. The van der Waals surface area contributed by atoms with E-state index < -0.39 is 5.54 Å². The highest BCUT2D eigenvalue weighted by Gasteiger charge is 2.63. The number of anilines is 1. The van der Waals surface area contributed by atoms with Gasteiger partial charge in [-0.2, -0.15) is 0 Å². The number of halogens is 1. The van der Waals surface area contributed by atoms with Crippen LogP contribution in [0.1, 0.15) is 31.7 Å². The van der Waals surface area contributed by atoms with E-state index in [9.17, 15) is 14.0 Å². The van der Waals surface area contributed by atoms with Crippen LogP contribution in [0.25, 0.3) is 0 Å². The number of hydrogen-bond donors (Lipinski definition) is 1. The minimum atomic E-state index is -0.934. The van der Waals surface area contributed by atoms with E-state index in [1.807, 2.05) is 0 Å². The van der Waals surface area contributed by atoms with E-state index in [0.29, 0.717) is 24.3 Å². The molecule has 1 amide bonds. The Bertz CT molecular complexity index is 692. The van der Waals surface area contributed by atoms with E-state index >= 15 is 0 Å². The fourth-order valence-corrected chi connectivity index (χ4v) is 4.55. The first-order chi connectivity index (χ1) is 11.1. The Kier molecular flexibility index (Phi) is 3.20. The van der Waals surface area contributed by atoms with Gasteiger partial charge < -0.3 is 10.1 Å². The monoisotopic (exact) mass is 318 g/mol. The second-order valence-corrected chi connectivity index (χ2v) is 6.47. The quantitative estimate of drug-likeness (QED) is 0.848. The van der Waals surface area contributed by atoms with Gasteiger partial charge in [-0.15, -0.1) is 0 Å². The van der Waals surface area contributed by atoms with Crippen molar-refractivity contribution in [3.8, 4) is 0 Å². The number of amides is 1. The Labute approximate surface area is 133 Å². The van der Waals surface area contributed by atoms with Crippen molar-refractivity contribution in [1.82, 2.24) is 4.90 Å². The lowest BCUT2D eigenvalue weighted by molar-refractivity contribution is -0.148. The first kappa shape index (κ1) is 14.6. The molecule has 3 atom stereocenters. The van der Waals surface area contributed by atoms with Gasteiger partial charge in [-0.3, -0.25) is 14.5 Å². The molecule has 0 saturated carbocycles. The second kappa shape index (κ2) is 5.03. The van der Waals surface area contributed by atoms with Gasteiger partial charge in [-0.25, -0.2) is 4.39 Å². The molecule has 6 heteroatoms. The van der Waals surface area contributed by atoms with Crippen molar-refractivity contribution in [2.45, 2.75) is 37.8 Å². The molecular formula is C17H19FN2O3. The number of ether oxygens (including phenoxy) is 1. The van der Waals surface area contributed by atoms with Gasteiger partial charge in [0.05, 0.1) is 12.5 Å². The van der Waals surface area contributed by atoms with Crippen LogP contribution >= 0.6 is 0 Å². The molecular weight excluding hydrogens is 299 g/mol. The van der Waals surface area contributed by atoms with Gasteiger partial charge in [0.15, 0.2) is 0 Å². The number of carbonyl (C=O) groups is 2. The van der Waals surface area contributed by atoms with Crippen LogP contribution < -0.4 is 5.32 Å². The summed E-state index contributed by atoms with van der Waals surface area (Å²) in [6, 6.07) is 4.36. The average Bonchev–Trinajstić information content (AvgIpc) is 3.16. The summed E-state index contributed by atoms with van der Waals surface area (Å²) in [5.41, 5.74) is 0.364. The molecule has 2 saturated heterocycles. The van der Waals surface area contributed by atoms with Crippen LogP contribution in [0.4, 0.5) is 10.1 Å². The number of rotatable bonds is 2. The minimum absolute atomic E-state index is 0.00554. The van der Waals surface area contributed by atoms with Crippen LogP contribution in [-0.2, 0) is 19.9 Å². The molecule has 1 aromatic rings. The molecule has 3 heterocycles. The SMILES string of the molecule is CCOC(=O)[C@@H]1C[C@]2(C(=O)Nc3ccc(F)cc32)N2CCC[C@@H]12. The maximum absolute atomic E-state index is 13.8. The van der Waals surface area contributed by atoms with Crippen LogP contribution in [0.2, 0.25) is 0 Å². The predicted molar refractivity (Wildman–Crippen MR) is 81.2 cm³/mol. The van der Waals surface area contributed by atoms with Gasteiger partial charge in [0.25, 0.3) is 0 Å². The molecule has 23 heavy (non-hydrogen) atoms. The fourth-order valence-electron chi connectivity index (χ4n) is 4.55. The van der Waals surface area contributed by atoms with E-state index in [0.717, 1.165) is 19.4 Å². The Morgan fingerprint density at radius 3 is 3.13 bits per heavy atom. The Hall–Kier alpha value is -1.95. The molecule has 0 aromatic heterocycles. The number of fused-ring (bicyclic) bond motifs is 4. The highest BCUT2D eigenvalue weighted by atomic mass is 19.1. The molecule has 2 fully saturated rings. The minimum Gasteiger partial charge on any atom is -0.466 e. The van der Waals surface area contributed by atoms with E-state index in [2.05, 4.69) is 10.2 Å². The molecule has 0 aliphatic carbocycles. The molecule has 1 N–H and O–H groups in total. The topological polar surface area (TPSA) is 58.6 Å². The standard InChI is InChI=1S/C17H19FN2O3/c1-2-23-15(21)11-9-17(20-7-3-4-14(11)20)12-8-10(18)5-6-13(12)19-16(17)22/h5-6,8,11,14H,2-4,7,9H2,1H3,(H,19,22)/t11-,14+,17+/m1/s1. The van der Waals surface area contributed by atoms with E-state index in [1.54, 1.807) is 13.0 Å². The summed E-state index contributed by atoms with van der Waals surface area (Å²) >= 11 is 0. The highest BCUT2D eigenvalue weighted by Crippen LogP contribution is 2.54. The lowest BCUT2D eigenvalue weighted by Gasteiger charge is -2.32. The number of esters is 1. The Morgan fingerprint density at radius 2 is 2.35 bits per heavy atom. The van der Waals surface area contributed by atoms with Crippen molar-refractivity contribution >= 4 is 17.6 Å². The van der Waals surface area contributed by atoms with Crippen molar-refractivity contribution in [3.63, 3.8) is 0 Å². The second-order valence-electron chi connectivity index (χ2n) is 6.47.